The molecule has 110 valence electrons. The van der Waals surface area contributed by atoms with Gasteiger partial charge in [-0.05, 0) is 18.4 Å². The summed E-state index contributed by atoms with van der Waals surface area (Å²) in [5.74, 6) is 0.0907. The third-order valence-electron chi connectivity index (χ3n) is 4.31. The van der Waals surface area contributed by atoms with Gasteiger partial charge in [0.05, 0.1) is 18.2 Å². The van der Waals surface area contributed by atoms with Gasteiger partial charge in [0.2, 0.25) is 5.56 Å². The summed E-state index contributed by atoms with van der Waals surface area (Å²) in [6, 6.07) is 8.45. The van der Waals surface area contributed by atoms with Crippen LogP contribution in [0.25, 0.3) is 10.9 Å². The van der Waals surface area contributed by atoms with Crippen LogP contribution in [0.5, 0.6) is 0 Å². The number of nitrogens with one attached hydrogen (secondary N) is 1. The lowest BCUT2D eigenvalue weighted by atomic mass is 10.0. The standard InChI is InChI=1S/C16H18N2O3/c1-10-6-7-18(14(10)9-19)16(21)12-8-15(20)17-13-5-3-2-4-11(12)13/h2-5,8,10,14,19H,6-7,9H2,1H3,(H,17,20). The molecule has 0 saturated carbocycles. The molecule has 2 N–H and O–H groups in total. The lowest BCUT2D eigenvalue weighted by Gasteiger charge is -2.25. The zero-order valence-electron chi connectivity index (χ0n) is 11.9. The van der Waals surface area contributed by atoms with Gasteiger partial charge in [-0.25, -0.2) is 0 Å². The zero-order valence-corrected chi connectivity index (χ0v) is 11.9. The van der Waals surface area contributed by atoms with E-state index in [0.717, 1.165) is 11.8 Å². The van der Waals surface area contributed by atoms with E-state index in [1.807, 2.05) is 25.1 Å². The van der Waals surface area contributed by atoms with E-state index in [4.69, 9.17) is 0 Å². The topological polar surface area (TPSA) is 73.4 Å². The molecule has 0 aliphatic carbocycles. The van der Waals surface area contributed by atoms with Gasteiger partial charge in [0.25, 0.3) is 5.91 Å². The number of carbonyl (C=O) groups is 1. The largest absolute Gasteiger partial charge is 0.394 e. The summed E-state index contributed by atoms with van der Waals surface area (Å²) in [4.78, 5) is 29.0. The maximum atomic E-state index is 12.8. The molecular weight excluding hydrogens is 268 g/mol. The lowest BCUT2D eigenvalue weighted by Crippen LogP contribution is -2.40. The van der Waals surface area contributed by atoms with Crippen LogP contribution in [-0.4, -0.2) is 40.1 Å². The van der Waals surface area contributed by atoms with Crippen LogP contribution >= 0.6 is 0 Å². The predicted octanol–water partition coefficient (Wildman–Crippen LogP) is 1.37. The molecule has 5 heteroatoms. The molecular formula is C16H18N2O3. The van der Waals surface area contributed by atoms with Crippen LogP contribution in [-0.2, 0) is 0 Å². The van der Waals surface area contributed by atoms with E-state index in [1.165, 1.54) is 6.07 Å². The molecule has 2 unspecified atom stereocenters. The summed E-state index contributed by atoms with van der Waals surface area (Å²) in [6.45, 7) is 2.60. The number of likely N-dealkylation sites (tertiary alicyclic amines) is 1. The summed E-state index contributed by atoms with van der Waals surface area (Å²) in [7, 11) is 0. The van der Waals surface area contributed by atoms with Crippen molar-refractivity contribution < 1.29 is 9.90 Å². The molecule has 5 nitrogen and oxygen atoms in total. The second-order valence-electron chi connectivity index (χ2n) is 5.61. The molecule has 0 bridgehead atoms. The minimum absolute atomic E-state index is 0.0476. The lowest BCUT2D eigenvalue weighted by molar-refractivity contribution is 0.0650. The number of aliphatic hydroxyl groups excluding tert-OH is 1. The van der Waals surface area contributed by atoms with Gasteiger partial charge in [0.1, 0.15) is 0 Å². The number of fused-ring (bicyclic) bond motifs is 1. The first kappa shape index (κ1) is 13.8. The van der Waals surface area contributed by atoms with E-state index < -0.39 is 0 Å². The molecule has 1 aromatic heterocycles. The van der Waals surface area contributed by atoms with Crippen LogP contribution in [0.1, 0.15) is 23.7 Å². The van der Waals surface area contributed by atoms with Gasteiger partial charge in [-0.15, -0.1) is 0 Å². The van der Waals surface area contributed by atoms with Crippen molar-refractivity contribution in [3.8, 4) is 0 Å². The second-order valence-corrected chi connectivity index (χ2v) is 5.61. The highest BCUT2D eigenvalue weighted by Gasteiger charge is 2.34. The van der Waals surface area contributed by atoms with Gasteiger partial charge >= 0.3 is 0 Å². The van der Waals surface area contributed by atoms with Crippen molar-refractivity contribution in [1.29, 1.82) is 0 Å². The molecule has 0 spiro atoms. The zero-order chi connectivity index (χ0) is 15.0. The summed E-state index contributed by atoms with van der Waals surface area (Å²) in [5, 5.41) is 10.2. The van der Waals surface area contributed by atoms with E-state index >= 15 is 0 Å². The van der Waals surface area contributed by atoms with Crippen LogP contribution in [0, 0.1) is 5.92 Å². The number of hydrogen-bond donors (Lipinski definition) is 2. The Hall–Kier alpha value is -2.14. The summed E-state index contributed by atoms with van der Waals surface area (Å²) >= 11 is 0. The number of aromatic amines is 1. The number of amides is 1. The van der Waals surface area contributed by atoms with Gasteiger partial charge in [0.15, 0.2) is 0 Å². The van der Waals surface area contributed by atoms with Crippen molar-refractivity contribution in [3.63, 3.8) is 0 Å². The van der Waals surface area contributed by atoms with Crippen molar-refractivity contribution >= 4 is 16.8 Å². The number of nitrogens with zero attached hydrogens (tertiary/aromatic N) is 1. The van der Waals surface area contributed by atoms with Crippen LogP contribution in [0.4, 0.5) is 0 Å². The summed E-state index contributed by atoms with van der Waals surface area (Å²) in [6.07, 6.45) is 0.873. The average molecular weight is 286 g/mol. The van der Waals surface area contributed by atoms with Crippen molar-refractivity contribution in [2.24, 2.45) is 5.92 Å². The number of benzene rings is 1. The van der Waals surface area contributed by atoms with Crippen molar-refractivity contribution in [3.05, 3.63) is 46.2 Å². The van der Waals surface area contributed by atoms with E-state index in [-0.39, 0.29) is 30.0 Å². The third kappa shape index (κ3) is 2.34. The van der Waals surface area contributed by atoms with Gasteiger partial charge < -0.3 is 15.0 Å². The third-order valence-corrected chi connectivity index (χ3v) is 4.31. The molecule has 0 radical (unpaired) electrons. The van der Waals surface area contributed by atoms with Gasteiger partial charge in [0, 0.05) is 23.5 Å². The van der Waals surface area contributed by atoms with Crippen molar-refractivity contribution in [1.82, 2.24) is 9.88 Å². The highest BCUT2D eigenvalue weighted by molar-refractivity contribution is 6.06. The smallest absolute Gasteiger partial charge is 0.255 e. The number of aromatic nitrogens is 1. The first-order valence-corrected chi connectivity index (χ1v) is 7.15. The van der Waals surface area contributed by atoms with Crippen LogP contribution < -0.4 is 5.56 Å². The molecule has 2 heterocycles. The molecule has 2 atom stereocenters. The Labute approximate surface area is 122 Å². The molecule has 1 aliphatic heterocycles. The number of hydrogen-bond acceptors (Lipinski definition) is 3. The van der Waals surface area contributed by atoms with Gasteiger partial charge in [-0.1, -0.05) is 25.1 Å². The summed E-state index contributed by atoms with van der Waals surface area (Å²) in [5.41, 5.74) is 0.771. The second kappa shape index (κ2) is 5.33. The van der Waals surface area contributed by atoms with Crippen molar-refractivity contribution in [2.75, 3.05) is 13.2 Å². The monoisotopic (exact) mass is 286 g/mol. The maximum absolute atomic E-state index is 12.8. The van der Waals surface area contributed by atoms with Crippen LogP contribution in [0.15, 0.2) is 35.1 Å². The Morgan fingerprint density at radius 1 is 1.43 bits per heavy atom. The minimum atomic E-state index is -0.287. The Morgan fingerprint density at radius 2 is 2.19 bits per heavy atom. The fraction of sp³-hybridized carbons (Fsp3) is 0.375. The quantitative estimate of drug-likeness (QED) is 0.875. The average Bonchev–Trinajstić information content (AvgIpc) is 2.86. The molecule has 1 fully saturated rings. The van der Waals surface area contributed by atoms with E-state index in [0.29, 0.717) is 17.6 Å². The number of H-pyrrole nitrogens is 1. The Morgan fingerprint density at radius 3 is 2.95 bits per heavy atom. The highest BCUT2D eigenvalue weighted by atomic mass is 16.3. The fourth-order valence-electron chi connectivity index (χ4n) is 3.08. The number of rotatable bonds is 2. The first-order valence-electron chi connectivity index (χ1n) is 7.15. The van der Waals surface area contributed by atoms with E-state index in [1.54, 1.807) is 11.0 Å². The van der Waals surface area contributed by atoms with Crippen LogP contribution in [0.2, 0.25) is 0 Å². The summed E-state index contributed by atoms with van der Waals surface area (Å²) < 4.78 is 0. The maximum Gasteiger partial charge on any atom is 0.255 e. The molecule has 1 saturated heterocycles. The predicted molar refractivity (Wildman–Crippen MR) is 80.3 cm³/mol. The fourth-order valence-corrected chi connectivity index (χ4v) is 3.08. The highest BCUT2D eigenvalue weighted by Crippen LogP contribution is 2.26. The normalized spacial score (nSPS) is 21.9. The Bertz CT molecular complexity index is 738. The Balaban J connectivity index is 2.08. The minimum Gasteiger partial charge on any atom is -0.394 e. The molecule has 1 aromatic carbocycles. The van der Waals surface area contributed by atoms with Gasteiger partial charge in [-0.2, -0.15) is 0 Å². The number of carbonyl (C=O) groups excluding carboxylic acids is 1. The number of pyridine rings is 1. The molecule has 3 rings (SSSR count). The number of aliphatic hydroxyl groups is 1. The molecule has 1 amide bonds. The van der Waals surface area contributed by atoms with Crippen molar-refractivity contribution in [2.45, 2.75) is 19.4 Å². The SMILES string of the molecule is CC1CCN(C(=O)c2cc(=O)[nH]c3ccccc23)C1CO. The molecule has 1 aliphatic rings. The first-order chi connectivity index (χ1) is 10.1. The Kier molecular flexibility index (Phi) is 3.51. The van der Waals surface area contributed by atoms with Crippen LogP contribution in [0.3, 0.4) is 0 Å². The number of para-hydroxylation sites is 1. The van der Waals surface area contributed by atoms with E-state index in [2.05, 4.69) is 4.98 Å². The van der Waals surface area contributed by atoms with E-state index in [9.17, 15) is 14.7 Å². The molecule has 2 aromatic rings. The van der Waals surface area contributed by atoms with Gasteiger partial charge in [-0.3, -0.25) is 9.59 Å². The molecule has 21 heavy (non-hydrogen) atoms.